The number of benzene rings is 1. The number of thioether (sulfide) groups is 1. The second-order valence-electron chi connectivity index (χ2n) is 4.57. The number of halogens is 1. The van der Waals surface area contributed by atoms with Crippen molar-refractivity contribution in [2.75, 3.05) is 0 Å². The van der Waals surface area contributed by atoms with E-state index in [1.54, 1.807) is 24.8 Å². The molecule has 1 aromatic carbocycles. The summed E-state index contributed by atoms with van der Waals surface area (Å²) in [5, 5.41) is 9.55. The van der Waals surface area contributed by atoms with Crippen LogP contribution in [-0.2, 0) is 0 Å². The number of rotatable bonds is 2. The maximum atomic E-state index is 13.0. The molecule has 84 valence electrons. The minimum atomic E-state index is -0.634. The highest BCUT2D eigenvalue weighted by molar-refractivity contribution is 8.00. The Labute approximate surface area is 94.7 Å². The summed E-state index contributed by atoms with van der Waals surface area (Å²) >= 11 is 1.64. The summed E-state index contributed by atoms with van der Waals surface area (Å²) in [5.74, 6) is -0.302. The zero-order chi connectivity index (χ0) is 11.6. The third-order valence-corrected chi connectivity index (χ3v) is 3.04. The van der Waals surface area contributed by atoms with E-state index in [2.05, 4.69) is 20.8 Å². The van der Waals surface area contributed by atoms with Crippen LogP contribution in [0, 0.1) is 5.82 Å². The Hall–Kier alpha value is -0.540. The van der Waals surface area contributed by atoms with Crippen molar-refractivity contribution < 1.29 is 9.50 Å². The molecular formula is C12H17FOS. The maximum absolute atomic E-state index is 13.0. The third-order valence-electron chi connectivity index (χ3n) is 1.84. The Kier molecular flexibility index (Phi) is 3.79. The Morgan fingerprint density at radius 3 is 2.40 bits per heavy atom. The van der Waals surface area contributed by atoms with Crippen LogP contribution in [0.5, 0.6) is 0 Å². The molecule has 1 atom stereocenters. The van der Waals surface area contributed by atoms with E-state index in [1.807, 2.05) is 0 Å². The van der Waals surface area contributed by atoms with Crippen LogP contribution in [0.3, 0.4) is 0 Å². The van der Waals surface area contributed by atoms with Crippen LogP contribution < -0.4 is 0 Å². The Bertz CT molecular complexity index is 342. The van der Waals surface area contributed by atoms with Crippen LogP contribution in [0.4, 0.5) is 4.39 Å². The molecule has 0 aliphatic rings. The van der Waals surface area contributed by atoms with E-state index in [0.717, 1.165) is 4.90 Å². The lowest BCUT2D eigenvalue weighted by atomic mass is 10.1. The molecule has 1 aromatic rings. The minimum absolute atomic E-state index is 0.0570. The summed E-state index contributed by atoms with van der Waals surface area (Å²) in [6, 6.07) is 4.56. The SMILES string of the molecule is C[C@H](O)c1cc(F)ccc1SC(C)(C)C. The molecule has 1 nitrogen and oxygen atoms in total. The largest absolute Gasteiger partial charge is 0.389 e. The predicted molar refractivity (Wildman–Crippen MR) is 62.6 cm³/mol. The molecule has 0 aliphatic heterocycles. The fourth-order valence-electron chi connectivity index (χ4n) is 1.27. The van der Waals surface area contributed by atoms with Crippen molar-refractivity contribution in [3.63, 3.8) is 0 Å². The normalized spacial score (nSPS) is 14.0. The summed E-state index contributed by atoms with van der Waals surface area (Å²) < 4.78 is 13.1. The summed E-state index contributed by atoms with van der Waals surface area (Å²) in [5.41, 5.74) is 0.662. The molecule has 0 saturated heterocycles. The van der Waals surface area contributed by atoms with Crippen LogP contribution >= 0.6 is 11.8 Å². The smallest absolute Gasteiger partial charge is 0.123 e. The zero-order valence-corrected chi connectivity index (χ0v) is 10.4. The Balaban J connectivity index is 3.06. The quantitative estimate of drug-likeness (QED) is 0.777. The van der Waals surface area contributed by atoms with Gasteiger partial charge >= 0.3 is 0 Å². The highest BCUT2D eigenvalue weighted by Gasteiger charge is 2.17. The van der Waals surface area contributed by atoms with Gasteiger partial charge in [0.1, 0.15) is 5.82 Å². The first-order valence-corrected chi connectivity index (χ1v) is 5.78. The molecule has 0 radical (unpaired) electrons. The molecule has 0 saturated carbocycles. The monoisotopic (exact) mass is 228 g/mol. The lowest BCUT2D eigenvalue weighted by Crippen LogP contribution is -2.08. The molecular weight excluding hydrogens is 211 g/mol. The van der Waals surface area contributed by atoms with Crippen molar-refractivity contribution >= 4 is 11.8 Å². The van der Waals surface area contributed by atoms with Crippen LogP contribution in [-0.4, -0.2) is 9.85 Å². The van der Waals surface area contributed by atoms with E-state index in [4.69, 9.17) is 0 Å². The molecule has 3 heteroatoms. The predicted octanol–water partition coefficient (Wildman–Crippen LogP) is 3.77. The van der Waals surface area contributed by atoms with Gasteiger partial charge in [-0.25, -0.2) is 4.39 Å². The molecule has 0 heterocycles. The van der Waals surface area contributed by atoms with Gasteiger partial charge in [-0.05, 0) is 30.7 Å². The van der Waals surface area contributed by atoms with Gasteiger partial charge in [-0.2, -0.15) is 0 Å². The van der Waals surface area contributed by atoms with Gasteiger partial charge in [0.15, 0.2) is 0 Å². The summed E-state index contributed by atoms with van der Waals surface area (Å²) in [6.45, 7) is 7.92. The van der Waals surface area contributed by atoms with E-state index in [-0.39, 0.29) is 10.6 Å². The van der Waals surface area contributed by atoms with Gasteiger partial charge in [0.05, 0.1) is 6.10 Å². The van der Waals surface area contributed by atoms with E-state index in [9.17, 15) is 9.50 Å². The van der Waals surface area contributed by atoms with Crippen molar-refractivity contribution in [1.82, 2.24) is 0 Å². The van der Waals surface area contributed by atoms with Crippen molar-refractivity contribution in [2.24, 2.45) is 0 Å². The average Bonchev–Trinajstić information content (AvgIpc) is 2.05. The number of aliphatic hydroxyl groups excluding tert-OH is 1. The van der Waals surface area contributed by atoms with Crippen LogP contribution in [0.2, 0.25) is 0 Å². The van der Waals surface area contributed by atoms with E-state index >= 15 is 0 Å². The van der Waals surface area contributed by atoms with Gasteiger partial charge in [-0.15, -0.1) is 11.8 Å². The Morgan fingerprint density at radius 1 is 1.33 bits per heavy atom. The first kappa shape index (κ1) is 12.5. The molecule has 15 heavy (non-hydrogen) atoms. The number of hydrogen-bond acceptors (Lipinski definition) is 2. The van der Waals surface area contributed by atoms with E-state index in [0.29, 0.717) is 5.56 Å². The number of aliphatic hydroxyl groups is 1. The van der Waals surface area contributed by atoms with Gasteiger partial charge in [0.25, 0.3) is 0 Å². The highest BCUT2D eigenvalue weighted by Crippen LogP contribution is 2.36. The molecule has 0 spiro atoms. The van der Waals surface area contributed by atoms with Crippen molar-refractivity contribution in [2.45, 2.75) is 43.4 Å². The summed E-state index contributed by atoms with van der Waals surface area (Å²) in [6.07, 6.45) is -0.634. The third kappa shape index (κ3) is 3.84. The summed E-state index contributed by atoms with van der Waals surface area (Å²) in [4.78, 5) is 0.943. The van der Waals surface area contributed by atoms with Crippen LogP contribution in [0.15, 0.2) is 23.1 Å². The van der Waals surface area contributed by atoms with Crippen molar-refractivity contribution in [1.29, 1.82) is 0 Å². The van der Waals surface area contributed by atoms with Crippen molar-refractivity contribution in [3.05, 3.63) is 29.6 Å². The fraction of sp³-hybridized carbons (Fsp3) is 0.500. The second kappa shape index (κ2) is 4.54. The molecule has 0 amide bonds. The second-order valence-corrected chi connectivity index (χ2v) is 6.44. The van der Waals surface area contributed by atoms with Gasteiger partial charge in [-0.3, -0.25) is 0 Å². The highest BCUT2D eigenvalue weighted by atomic mass is 32.2. The maximum Gasteiger partial charge on any atom is 0.123 e. The first-order valence-electron chi connectivity index (χ1n) is 4.96. The lowest BCUT2D eigenvalue weighted by molar-refractivity contribution is 0.196. The summed E-state index contributed by atoms with van der Waals surface area (Å²) in [7, 11) is 0. The zero-order valence-electron chi connectivity index (χ0n) is 9.54. The van der Waals surface area contributed by atoms with Crippen LogP contribution in [0.25, 0.3) is 0 Å². The number of hydrogen-bond donors (Lipinski definition) is 1. The molecule has 0 unspecified atom stereocenters. The van der Waals surface area contributed by atoms with Crippen LogP contribution in [0.1, 0.15) is 39.4 Å². The van der Waals surface area contributed by atoms with E-state index < -0.39 is 6.10 Å². The molecule has 0 aliphatic carbocycles. The lowest BCUT2D eigenvalue weighted by Gasteiger charge is -2.20. The van der Waals surface area contributed by atoms with Gasteiger partial charge in [-0.1, -0.05) is 20.8 Å². The average molecular weight is 228 g/mol. The first-order chi connectivity index (χ1) is 6.79. The molecule has 0 fully saturated rings. The molecule has 1 rings (SSSR count). The van der Waals surface area contributed by atoms with Crippen molar-refractivity contribution in [3.8, 4) is 0 Å². The topological polar surface area (TPSA) is 20.2 Å². The van der Waals surface area contributed by atoms with Gasteiger partial charge in [0, 0.05) is 9.64 Å². The van der Waals surface area contributed by atoms with Gasteiger partial charge < -0.3 is 5.11 Å². The molecule has 0 bridgehead atoms. The minimum Gasteiger partial charge on any atom is -0.389 e. The fourth-order valence-corrected chi connectivity index (χ4v) is 2.41. The molecule has 0 aromatic heterocycles. The standard InChI is InChI=1S/C12H17FOS/c1-8(14)10-7-9(13)5-6-11(10)15-12(2,3)4/h5-8,14H,1-4H3/t8-/m0/s1. The Morgan fingerprint density at radius 2 is 1.93 bits per heavy atom. The molecule has 1 N–H and O–H groups in total. The van der Waals surface area contributed by atoms with Gasteiger partial charge in [0.2, 0.25) is 0 Å². The van der Waals surface area contributed by atoms with E-state index in [1.165, 1.54) is 12.1 Å².